The van der Waals surface area contributed by atoms with Gasteiger partial charge in [0.1, 0.15) is 0 Å². The highest BCUT2D eigenvalue weighted by atomic mass is 16.2. The third-order valence-electron chi connectivity index (χ3n) is 5.58. The zero-order valence-corrected chi connectivity index (χ0v) is 16.8. The van der Waals surface area contributed by atoms with Gasteiger partial charge in [0.05, 0.1) is 0 Å². The predicted molar refractivity (Wildman–Crippen MR) is 111 cm³/mol. The van der Waals surface area contributed by atoms with Crippen LogP contribution in [0.5, 0.6) is 0 Å². The van der Waals surface area contributed by atoms with E-state index in [1.165, 1.54) is 20.3 Å². The molecule has 0 saturated heterocycles. The zero-order valence-electron chi connectivity index (χ0n) is 16.8. The van der Waals surface area contributed by atoms with Gasteiger partial charge in [-0.05, 0) is 51.0 Å². The number of allylic oxidation sites excluding steroid dienone is 1. The molecule has 0 aliphatic heterocycles. The first-order valence-corrected chi connectivity index (χ1v) is 9.16. The SMILES string of the molecule is C=CCn1c(=O)c2c(nc3n(-c4ccc(C)c(C)c4)c(C)c(C)n23)n(C)c1=O. The Kier molecular flexibility index (Phi) is 3.92. The monoisotopic (exact) mass is 377 g/mol. The van der Waals surface area contributed by atoms with Crippen molar-refractivity contribution in [2.75, 3.05) is 0 Å². The Balaban J connectivity index is 2.20. The summed E-state index contributed by atoms with van der Waals surface area (Å²) < 4.78 is 6.49. The Morgan fingerprint density at radius 3 is 2.43 bits per heavy atom. The lowest BCUT2D eigenvalue weighted by Crippen LogP contribution is -2.39. The van der Waals surface area contributed by atoms with Crippen LogP contribution in [0.15, 0.2) is 40.4 Å². The molecular formula is C21H23N5O2. The molecule has 7 heteroatoms. The molecule has 0 aliphatic rings. The van der Waals surface area contributed by atoms with Crippen LogP contribution in [-0.4, -0.2) is 23.1 Å². The van der Waals surface area contributed by atoms with Gasteiger partial charge in [0.15, 0.2) is 11.2 Å². The summed E-state index contributed by atoms with van der Waals surface area (Å²) in [6.45, 7) is 11.9. The number of benzene rings is 1. The van der Waals surface area contributed by atoms with Gasteiger partial charge in [0.25, 0.3) is 5.56 Å². The highest BCUT2D eigenvalue weighted by molar-refractivity contribution is 5.77. The maximum atomic E-state index is 13.1. The number of rotatable bonds is 3. The van der Waals surface area contributed by atoms with Crippen LogP contribution in [-0.2, 0) is 13.6 Å². The number of fused-ring (bicyclic) bond motifs is 3. The van der Waals surface area contributed by atoms with Crippen LogP contribution in [0.25, 0.3) is 22.6 Å². The van der Waals surface area contributed by atoms with Gasteiger partial charge in [-0.2, -0.15) is 4.98 Å². The van der Waals surface area contributed by atoms with E-state index < -0.39 is 5.69 Å². The summed E-state index contributed by atoms with van der Waals surface area (Å²) in [5, 5.41) is 0. The minimum absolute atomic E-state index is 0.157. The Hall–Kier alpha value is -3.35. The van der Waals surface area contributed by atoms with Crippen molar-refractivity contribution in [3.8, 4) is 5.69 Å². The fourth-order valence-electron chi connectivity index (χ4n) is 3.71. The summed E-state index contributed by atoms with van der Waals surface area (Å²) in [7, 11) is 1.64. The molecule has 0 amide bonds. The summed E-state index contributed by atoms with van der Waals surface area (Å²) in [6.07, 6.45) is 1.55. The molecule has 0 radical (unpaired) electrons. The minimum Gasteiger partial charge on any atom is -0.283 e. The molecule has 7 nitrogen and oxygen atoms in total. The largest absolute Gasteiger partial charge is 0.332 e. The molecule has 28 heavy (non-hydrogen) atoms. The molecule has 1 aromatic carbocycles. The van der Waals surface area contributed by atoms with Crippen molar-refractivity contribution in [1.82, 2.24) is 23.1 Å². The lowest BCUT2D eigenvalue weighted by molar-refractivity contribution is 0.667. The molecule has 144 valence electrons. The van der Waals surface area contributed by atoms with Crippen LogP contribution in [0.1, 0.15) is 22.5 Å². The minimum atomic E-state index is -0.398. The van der Waals surface area contributed by atoms with Gasteiger partial charge in [-0.1, -0.05) is 12.1 Å². The van der Waals surface area contributed by atoms with Crippen molar-refractivity contribution in [3.05, 3.63) is 74.2 Å². The smallest absolute Gasteiger partial charge is 0.283 e. The third kappa shape index (κ3) is 2.25. The lowest BCUT2D eigenvalue weighted by atomic mass is 10.1. The second kappa shape index (κ2) is 6.09. The van der Waals surface area contributed by atoms with Crippen LogP contribution in [0.3, 0.4) is 0 Å². The van der Waals surface area contributed by atoms with Gasteiger partial charge < -0.3 is 0 Å². The maximum absolute atomic E-state index is 13.1. The molecule has 0 aliphatic carbocycles. The number of hydrogen-bond donors (Lipinski definition) is 0. The molecule has 3 aromatic heterocycles. The second-order valence-electron chi connectivity index (χ2n) is 7.24. The fourth-order valence-corrected chi connectivity index (χ4v) is 3.71. The van der Waals surface area contributed by atoms with Crippen molar-refractivity contribution in [2.24, 2.45) is 7.05 Å². The number of nitrogens with zero attached hydrogens (tertiary/aromatic N) is 5. The average molecular weight is 377 g/mol. The van der Waals surface area contributed by atoms with Crippen molar-refractivity contribution >= 4 is 16.9 Å². The normalized spacial score (nSPS) is 11.6. The average Bonchev–Trinajstić information content (AvgIpc) is 3.16. The van der Waals surface area contributed by atoms with Crippen molar-refractivity contribution in [2.45, 2.75) is 34.2 Å². The summed E-state index contributed by atoms with van der Waals surface area (Å²) in [5.74, 6) is 0.622. The van der Waals surface area contributed by atoms with Crippen LogP contribution in [0, 0.1) is 27.7 Å². The van der Waals surface area contributed by atoms with Crippen molar-refractivity contribution in [3.63, 3.8) is 0 Å². The van der Waals surface area contributed by atoms with E-state index in [0.717, 1.165) is 17.1 Å². The van der Waals surface area contributed by atoms with Gasteiger partial charge in [-0.3, -0.25) is 22.9 Å². The van der Waals surface area contributed by atoms with Crippen molar-refractivity contribution < 1.29 is 0 Å². The van der Waals surface area contributed by atoms with Gasteiger partial charge >= 0.3 is 5.69 Å². The third-order valence-corrected chi connectivity index (χ3v) is 5.58. The van der Waals surface area contributed by atoms with Crippen LogP contribution in [0.2, 0.25) is 0 Å². The molecule has 4 rings (SSSR count). The summed E-state index contributed by atoms with van der Waals surface area (Å²) in [5.41, 5.74) is 5.31. The lowest BCUT2D eigenvalue weighted by Gasteiger charge is -2.09. The van der Waals surface area contributed by atoms with Crippen LogP contribution < -0.4 is 11.2 Å². The van der Waals surface area contributed by atoms with Crippen LogP contribution in [0.4, 0.5) is 0 Å². The van der Waals surface area contributed by atoms with E-state index in [-0.39, 0.29) is 12.1 Å². The summed E-state index contributed by atoms with van der Waals surface area (Å²) in [6, 6.07) is 6.23. The number of aromatic nitrogens is 5. The molecular weight excluding hydrogens is 354 g/mol. The van der Waals surface area contributed by atoms with E-state index in [9.17, 15) is 9.59 Å². The predicted octanol–water partition coefficient (Wildman–Crippen LogP) is 2.56. The summed E-state index contributed by atoms with van der Waals surface area (Å²) in [4.78, 5) is 30.4. The van der Waals surface area contributed by atoms with E-state index in [0.29, 0.717) is 16.9 Å². The molecule has 0 N–H and O–H groups in total. The molecule has 0 bridgehead atoms. The molecule has 0 spiro atoms. The van der Waals surface area contributed by atoms with E-state index in [1.807, 2.05) is 28.9 Å². The van der Waals surface area contributed by atoms with E-state index in [4.69, 9.17) is 4.98 Å². The first-order chi connectivity index (χ1) is 13.3. The van der Waals surface area contributed by atoms with Gasteiger partial charge in [-0.15, -0.1) is 6.58 Å². The zero-order chi connectivity index (χ0) is 20.3. The maximum Gasteiger partial charge on any atom is 0.332 e. The first kappa shape index (κ1) is 18.0. The molecule has 0 saturated carbocycles. The Bertz CT molecular complexity index is 1390. The topological polar surface area (TPSA) is 66.2 Å². The van der Waals surface area contributed by atoms with Gasteiger partial charge in [-0.25, -0.2) is 4.79 Å². The highest BCUT2D eigenvalue weighted by Crippen LogP contribution is 2.25. The molecule has 0 fully saturated rings. The molecule has 4 aromatic rings. The Morgan fingerprint density at radius 2 is 1.79 bits per heavy atom. The molecule has 0 atom stereocenters. The fraction of sp³-hybridized carbons (Fsp3) is 0.286. The Morgan fingerprint density at radius 1 is 1.07 bits per heavy atom. The second-order valence-corrected chi connectivity index (χ2v) is 7.24. The van der Waals surface area contributed by atoms with Crippen LogP contribution >= 0.6 is 0 Å². The highest BCUT2D eigenvalue weighted by Gasteiger charge is 2.23. The standard InChI is InChI=1S/C21H23N5O2/c1-7-10-24-19(27)17-18(23(6)21(24)28)22-20-25(14(4)15(5)26(17)20)16-9-8-12(2)13(3)11-16/h7-9,11H,1,10H2,2-6H3. The summed E-state index contributed by atoms with van der Waals surface area (Å²) >= 11 is 0. The first-order valence-electron chi connectivity index (χ1n) is 9.16. The Labute approximate surface area is 161 Å². The molecule has 3 heterocycles. The van der Waals surface area contributed by atoms with E-state index in [2.05, 4.69) is 32.6 Å². The van der Waals surface area contributed by atoms with E-state index in [1.54, 1.807) is 13.1 Å². The quantitative estimate of drug-likeness (QED) is 0.516. The molecule has 0 unspecified atom stereocenters. The number of imidazole rings is 2. The van der Waals surface area contributed by atoms with Gasteiger partial charge in [0, 0.05) is 30.7 Å². The van der Waals surface area contributed by atoms with Crippen molar-refractivity contribution in [1.29, 1.82) is 0 Å². The number of hydrogen-bond acceptors (Lipinski definition) is 3. The van der Waals surface area contributed by atoms with E-state index >= 15 is 0 Å². The number of aryl methyl sites for hydroxylation is 4. The van der Waals surface area contributed by atoms with Gasteiger partial charge in [0.2, 0.25) is 5.78 Å².